The van der Waals surface area contributed by atoms with Gasteiger partial charge in [-0.15, -0.1) is 5.10 Å². The third kappa shape index (κ3) is 2.46. The van der Waals surface area contributed by atoms with Gasteiger partial charge in [0.25, 0.3) is 0 Å². The number of nitrogen functional groups attached to an aromatic ring is 1. The predicted octanol–water partition coefficient (Wildman–Crippen LogP) is 2.21. The van der Waals surface area contributed by atoms with Crippen LogP contribution in [0.3, 0.4) is 0 Å². The fourth-order valence-corrected chi connectivity index (χ4v) is 1.99. The minimum absolute atomic E-state index is 0.235. The smallest absolute Gasteiger partial charge is 0.335 e. The Morgan fingerprint density at radius 2 is 1.81 bits per heavy atom. The van der Waals surface area contributed by atoms with Crippen LogP contribution in [0.1, 0.15) is 10.4 Å². The van der Waals surface area contributed by atoms with Crippen molar-refractivity contribution < 1.29 is 9.90 Å². The average Bonchev–Trinajstić information content (AvgIpc) is 2.97. The highest BCUT2D eigenvalue weighted by Crippen LogP contribution is 2.20. The lowest BCUT2D eigenvalue weighted by molar-refractivity contribution is 0.0697. The van der Waals surface area contributed by atoms with E-state index in [9.17, 15) is 4.79 Å². The molecule has 0 amide bonds. The standard InChI is InChI=1S/C15H12N4O2/c16-12-3-1-2-4-14(12)19-9-13(17-18-19)10-5-7-11(8-6-10)15(20)21/h1-9H,16H2,(H,20,21). The van der Waals surface area contributed by atoms with E-state index in [4.69, 9.17) is 10.8 Å². The van der Waals surface area contributed by atoms with Gasteiger partial charge >= 0.3 is 5.97 Å². The average molecular weight is 280 g/mol. The molecule has 0 atom stereocenters. The highest BCUT2D eigenvalue weighted by atomic mass is 16.4. The first-order valence-electron chi connectivity index (χ1n) is 6.26. The molecule has 6 nitrogen and oxygen atoms in total. The molecule has 1 heterocycles. The Morgan fingerprint density at radius 1 is 1.10 bits per heavy atom. The minimum Gasteiger partial charge on any atom is -0.478 e. The van der Waals surface area contributed by atoms with E-state index >= 15 is 0 Å². The van der Waals surface area contributed by atoms with Gasteiger partial charge in [0.2, 0.25) is 0 Å². The zero-order chi connectivity index (χ0) is 14.8. The van der Waals surface area contributed by atoms with Crippen LogP contribution in [-0.4, -0.2) is 26.1 Å². The van der Waals surface area contributed by atoms with E-state index in [-0.39, 0.29) is 5.56 Å². The molecule has 0 saturated heterocycles. The molecule has 0 fully saturated rings. The second-order valence-electron chi connectivity index (χ2n) is 4.49. The molecule has 0 aliphatic rings. The summed E-state index contributed by atoms with van der Waals surface area (Å²) in [4.78, 5) is 10.8. The first-order chi connectivity index (χ1) is 10.1. The van der Waals surface area contributed by atoms with Crippen LogP contribution in [0.5, 0.6) is 0 Å². The van der Waals surface area contributed by atoms with E-state index < -0.39 is 5.97 Å². The lowest BCUT2D eigenvalue weighted by atomic mass is 10.1. The number of hydrogen-bond donors (Lipinski definition) is 2. The number of benzene rings is 2. The zero-order valence-electron chi connectivity index (χ0n) is 11.0. The van der Waals surface area contributed by atoms with Gasteiger partial charge in [-0.05, 0) is 24.3 Å². The Morgan fingerprint density at radius 3 is 2.48 bits per heavy atom. The third-order valence-electron chi connectivity index (χ3n) is 3.10. The van der Waals surface area contributed by atoms with Gasteiger partial charge in [0.05, 0.1) is 23.1 Å². The summed E-state index contributed by atoms with van der Waals surface area (Å²) in [5.74, 6) is -0.956. The number of carboxylic acid groups (broad SMARTS) is 1. The van der Waals surface area contributed by atoms with Crippen LogP contribution in [0, 0.1) is 0 Å². The number of hydrogen-bond acceptors (Lipinski definition) is 4. The van der Waals surface area contributed by atoms with Gasteiger partial charge < -0.3 is 10.8 Å². The number of carboxylic acids is 1. The summed E-state index contributed by atoms with van der Waals surface area (Å²) in [6.07, 6.45) is 1.75. The Bertz CT molecular complexity index is 793. The largest absolute Gasteiger partial charge is 0.478 e. The summed E-state index contributed by atoms with van der Waals surface area (Å²) < 4.78 is 1.59. The van der Waals surface area contributed by atoms with Crippen LogP contribution < -0.4 is 5.73 Å². The lowest BCUT2D eigenvalue weighted by Gasteiger charge is -2.02. The topological polar surface area (TPSA) is 94.0 Å². The SMILES string of the molecule is Nc1ccccc1-n1cc(-c2ccc(C(=O)O)cc2)nn1. The van der Waals surface area contributed by atoms with E-state index in [1.54, 1.807) is 29.1 Å². The molecular formula is C15H12N4O2. The van der Waals surface area contributed by atoms with Crippen molar-refractivity contribution in [2.75, 3.05) is 5.73 Å². The molecule has 0 saturated carbocycles. The van der Waals surface area contributed by atoms with Crippen LogP contribution in [0.25, 0.3) is 16.9 Å². The molecular weight excluding hydrogens is 268 g/mol. The van der Waals surface area contributed by atoms with Crippen LogP contribution >= 0.6 is 0 Å². The van der Waals surface area contributed by atoms with Crippen LogP contribution in [0.4, 0.5) is 5.69 Å². The monoisotopic (exact) mass is 280 g/mol. The van der Waals surface area contributed by atoms with E-state index in [1.807, 2.05) is 18.2 Å². The van der Waals surface area contributed by atoms with E-state index in [1.165, 1.54) is 12.1 Å². The van der Waals surface area contributed by atoms with Crippen LogP contribution in [0.15, 0.2) is 54.7 Å². The number of rotatable bonds is 3. The number of aromatic carboxylic acids is 1. The van der Waals surface area contributed by atoms with Gasteiger partial charge in [-0.1, -0.05) is 29.5 Å². The molecule has 21 heavy (non-hydrogen) atoms. The molecule has 1 aromatic heterocycles. The van der Waals surface area contributed by atoms with Crippen LogP contribution in [-0.2, 0) is 0 Å². The molecule has 0 spiro atoms. The van der Waals surface area contributed by atoms with Crippen molar-refractivity contribution in [3.05, 3.63) is 60.3 Å². The first-order valence-corrected chi connectivity index (χ1v) is 6.26. The first kappa shape index (κ1) is 12.9. The fraction of sp³-hybridized carbons (Fsp3) is 0. The maximum atomic E-state index is 10.8. The number of aromatic nitrogens is 3. The lowest BCUT2D eigenvalue weighted by Crippen LogP contribution is -1.99. The summed E-state index contributed by atoms with van der Waals surface area (Å²) in [7, 11) is 0. The number of nitrogens with two attached hydrogens (primary N) is 1. The van der Waals surface area contributed by atoms with Gasteiger partial charge in [0.15, 0.2) is 0 Å². The Hall–Kier alpha value is -3.15. The van der Waals surface area contributed by atoms with Gasteiger partial charge in [-0.25, -0.2) is 9.48 Å². The van der Waals surface area contributed by atoms with E-state index in [0.29, 0.717) is 11.4 Å². The van der Waals surface area contributed by atoms with Crippen molar-refractivity contribution in [1.82, 2.24) is 15.0 Å². The Labute approximate surface area is 120 Å². The Balaban J connectivity index is 1.95. The summed E-state index contributed by atoms with van der Waals surface area (Å²) >= 11 is 0. The number of carbonyl (C=O) groups is 1. The maximum absolute atomic E-state index is 10.8. The van der Waals surface area contributed by atoms with Crippen molar-refractivity contribution in [3.8, 4) is 16.9 Å². The third-order valence-corrected chi connectivity index (χ3v) is 3.10. The molecule has 3 aromatic rings. The van der Waals surface area contributed by atoms with E-state index in [2.05, 4.69) is 10.3 Å². The van der Waals surface area contributed by atoms with Gasteiger partial charge in [0, 0.05) is 5.56 Å². The van der Waals surface area contributed by atoms with Crippen molar-refractivity contribution in [2.24, 2.45) is 0 Å². The molecule has 0 radical (unpaired) electrons. The summed E-state index contributed by atoms with van der Waals surface area (Å²) in [5.41, 5.74) is 8.93. The van der Waals surface area contributed by atoms with Crippen molar-refractivity contribution >= 4 is 11.7 Å². The summed E-state index contributed by atoms with van der Waals surface area (Å²) in [6.45, 7) is 0. The molecule has 0 aliphatic heterocycles. The normalized spacial score (nSPS) is 10.5. The van der Waals surface area contributed by atoms with Gasteiger partial charge in [-0.2, -0.15) is 0 Å². The molecule has 3 rings (SSSR count). The molecule has 104 valence electrons. The second kappa shape index (κ2) is 5.09. The predicted molar refractivity (Wildman–Crippen MR) is 78.2 cm³/mol. The minimum atomic E-state index is -0.956. The zero-order valence-corrected chi connectivity index (χ0v) is 11.0. The van der Waals surface area contributed by atoms with E-state index in [0.717, 1.165) is 11.3 Å². The fourth-order valence-electron chi connectivity index (χ4n) is 1.99. The summed E-state index contributed by atoms with van der Waals surface area (Å²) in [5, 5.41) is 17.0. The summed E-state index contributed by atoms with van der Waals surface area (Å²) in [6, 6.07) is 13.8. The number of para-hydroxylation sites is 2. The highest BCUT2D eigenvalue weighted by Gasteiger charge is 2.08. The van der Waals surface area contributed by atoms with Gasteiger partial charge in [-0.3, -0.25) is 0 Å². The highest BCUT2D eigenvalue weighted by molar-refractivity contribution is 5.88. The maximum Gasteiger partial charge on any atom is 0.335 e. The molecule has 6 heteroatoms. The molecule has 2 aromatic carbocycles. The molecule has 0 aliphatic carbocycles. The molecule has 3 N–H and O–H groups in total. The second-order valence-corrected chi connectivity index (χ2v) is 4.49. The Kier molecular flexibility index (Phi) is 3.12. The molecule has 0 unspecified atom stereocenters. The van der Waals surface area contributed by atoms with Crippen molar-refractivity contribution in [1.29, 1.82) is 0 Å². The number of anilines is 1. The van der Waals surface area contributed by atoms with Gasteiger partial charge in [0.1, 0.15) is 5.69 Å². The van der Waals surface area contributed by atoms with Crippen molar-refractivity contribution in [3.63, 3.8) is 0 Å². The molecule has 0 bridgehead atoms. The van der Waals surface area contributed by atoms with Crippen molar-refractivity contribution in [2.45, 2.75) is 0 Å². The quantitative estimate of drug-likeness (QED) is 0.717. The van der Waals surface area contributed by atoms with Crippen LogP contribution in [0.2, 0.25) is 0 Å². The number of nitrogens with zero attached hydrogens (tertiary/aromatic N) is 3.